The number of nitrogens with zero attached hydrogens (tertiary/aromatic N) is 1. The van der Waals surface area contributed by atoms with Crippen LogP contribution >= 0.6 is 24.0 Å². The van der Waals surface area contributed by atoms with Crippen LogP contribution in [0.25, 0.3) is 0 Å². The maximum atomic E-state index is 12.6. The number of nitrogens with one attached hydrogen (secondary N) is 2. The van der Waals surface area contributed by atoms with Gasteiger partial charge in [-0.3, -0.25) is 4.99 Å². The minimum absolute atomic E-state index is 0. The van der Waals surface area contributed by atoms with E-state index in [1.807, 2.05) is 0 Å². The second-order valence-corrected chi connectivity index (χ2v) is 8.23. The summed E-state index contributed by atoms with van der Waals surface area (Å²) in [5, 5.41) is 6.15. The van der Waals surface area contributed by atoms with Crippen molar-refractivity contribution in [3.63, 3.8) is 0 Å². The number of halogens is 4. The minimum Gasteiger partial charge on any atom is -0.356 e. The van der Waals surface area contributed by atoms with Gasteiger partial charge in [0.15, 0.2) is 15.8 Å². The molecule has 0 saturated heterocycles. The van der Waals surface area contributed by atoms with Crippen molar-refractivity contribution in [2.24, 2.45) is 4.99 Å². The average molecular weight is 541 g/mol. The third kappa shape index (κ3) is 8.21. The molecule has 0 fully saturated rings. The van der Waals surface area contributed by atoms with Crippen LogP contribution in [0.5, 0.6) is 0 Å². The van der Waals surface area contributed by atoms with Crippen LogP contribution in [-0.2, 0) is 29.0 Å². The third-order valence-corrected chi connectivity index (χ3v) is 5.15. The molecule has 10 heteroatoms. The Bertz CT molecular complexity index is 913. The summed E-state index contributed by atoms with van der Waals surface area (Å²) >= 11 is 0. The van der Waals surface area contributed by atoms with E-state index >= 15 is 0 Å². The van der Waals surface area contributed by atoms with Crippen LogP contribution in [-0.4, -0.2) is 34.2 Å². The number of alkyl halides is 3. The summed E-state index contributed by atoms with van der Waals surface area (Å²) in [7, 11) is -1.61. The first-order valence-electron chi connectivity index (χ1n) is 8.49. The molecule has 0 spiro atoms. The lowest BCUT2D eigenvalue weighted by molar-refractivity contribution is -0.137. The molecule has 0 atom stereocenters. The zero-order chi connectivity index (χ0) is 20.8. The lowest BCUT2D eigenvalue weighted by Crippen LogP contribution is -2.37. The Morgan fingerprint density at radius 2 is 1.52 bits per heavy atom. The van der Waals surface area contributed by atoms with Gasteiger partial charge in [-0.05, 0) is 41.8 Å². The number of guanidine groups is 1. The predicted molar refractivity (Wildman–Crippen MR) is 118 cm³/mol. The molecule has 0 unspecified atom stereocenters. The minimum atomic E-state index is -4.34. The standard InChI is InChI=1S/C19H22F3N3O2S.HI/c1-23-18(25-13-15-3-7-16(8-4-15)19(20,21)22)24-12-11-14-5-9-17(10-6-14)28(2,26)27;/h3-10H,11-13H2,1-2H3,(H2,23,24,25);1H. The monoisotopic (exact) mass is 541 g/mol. The first kappa shape index (κ1) is 25.2. The van der Waals surface area contributed by atoms with Gasteiger partial charge in [0.1, 0.15) is 0 Å². The van der Waals surface area contributed by atoms with E-state index in [1.54, 1.807) is 31.3 Å². The van der Waals surface area contributed by atoms with Crippen LogP contribution in [0, 0.1) is 0 Å². The second kappa shape index (κ2) is 10.8. The number of sulfone groups is 1. The molecule has 2 rings (SSSR count). The maximum absolute atomic E-state index is 12.6. The van der Waals surface area contributed by atoms with Crippen LogP contribution in [0.3, 0.4) is 0 Å². The zero-order valence-electron chi connectivity index (χ0n) is 16.0. The average Bonchev–Trinajstić information content (AvgIpc) is 2.64. The molecule has 2 aromatic rings. The molecule has 0 aliphatic rings. The fourth-order valence-electron chi connectivity index (χ4n) is 2.45. The van der Waals surface area contributed by atoms with Gasteiger partial charge in [0.2, 0.25) is 0 Å². The lowest BCUT2D eigenvalue weighted by atomic mass is 10.1. The number of hydrogen-bond acceptors (Lipinski definition) is 3. The van der Waals surface area contributed by atoms with E-state index in [9.17, 15) is 21.6 Å². The zero-order valence-corrected chi connectivity index (χ0v) is 19.1. The Morgan fingerprint density at radius 1 is 0.966 bits per heavy atom. The van der Waals surface area contributed by atoms with Gasteiger partial charge in [-0.2, -0.15) is 13.2 Å². The first-order valence-corrected chi connectivity index (χ1v) is 10.4. The molecular weight excluding hydrogens is 518 g/mol. The molecule has 160 valence electrons. The van der Waals surface area contributed by atoms with Gasteiger partial charge in [-0.1, -0.05) is 24.3 Å². The highest BCUT2D eigenvalue weighted by atomic mass is 127. The summed E-state index contributed by atoms with van der Waals surface area (Å²) in [5.41, 5.74) is 0.992. The normalized spacial score (nSPS) is 12.2. The van der Waals surface area contributed by atoms with Gasteiger partial charge in [0.05, 0.1) is 10.5 Å². The third-order valence-electron chi connectivity index (χ3n) is 4.02. The number of aliphatic imine (C=N–C) groups is 1. The summed E-state index contributed by atoms with van der Waals surface area (Å²) in [4.78, 5) is 4.35. The summed E-state index contributed by atoms with van der Waals surface area (Å²) in [6, 6.07) is 11.6. The molecule has 0 radical (unpaired) electrons. The van der Waals surface area contributed by atoms with Gasteiger partial charge in [-0.25, -0.2) is 8.42 Å². The first-order chi connectivity index (χ1) is 13.1. The highest BCUT2D eigenvalue weighted by Crippen LogP contribution is 2.29. The van der Waals surface area contributed by atoms with E-state index in [1.165, 1.54) is 12.1 Å². The maximum Gasteiger partial charge on any atom is 0.416 e. The van der Waals surface area contributed by atoms with Gasteiger partial charge in [-0.15, -0.1) is 24.0 Å². The molecule has 0 aliphatic carbocycles. The van der Waals surface area contributed by atoms with E-state index in [0.29, 0.717) is 31.0 Å². The summed E-state index contributed by atoms with van der Waals surface area (Å²) in [6.07, 6.45) is -2.52. The molecule has 2 N–H and O–H groups in total. The van der Waals surface area contributed by atoms with E-state index in [0.717, 1.165) is 24.0 Å². The van der Waals surface area contributed by atoms with Gasteiger partial charge in [0, 0.05) is 26.4 Å². The van der Waals surface area contributed by atoms with E-state index in [2.05, 4.69) is 15.6 Å². The molecule has 0 saturated carbocycles. The van der Waals surface area contributed by atoms with Crippen molar-refractivity contribution in [1.29, 1.82) is 0 Å². The Hall–Kier alpha value is -1.82. The number of hydrogen-bond donors (Lipinski definition) is 2. The van der Waals surface area contributed by atoms with Crippen molar-refractivity contribution in [2.75, 3.05) is 19.8 Å². The SMILES string of the molecule is CN=C(NCCc1ccc(S(C)(=O)=O)cc1)NCc1ccc(C(F)(F)F)cc1.I. The second-order valence-electron chi connectivity index (χ2n) is 6.21. The fourth-order valence-corrected chi connectivity index (χ4v) is 3.08. The Morgan fingerprint density at radius 3 is 2.00 bits per heavy atom. The molecule has 0 bridgehead atoms. The van der Waals surface area contributed by atoms with Gasteiger partial charge in [0.25, 0.3) is 0 Å². The molecular formula is C19H23F3IN3O2S. The van der Waals surface area contributed by atoms with Gasteiger partial charge >= 0.3 is 6.18 Å². The largest absolute Gasteiger partial charge is 0.416 e. The lowest BCUT2D eigenvalue weighted by Gasteiger charge is -2.13. The highest BCUT2D eigenvalue weighted by molar-refractivity contribution is 14.0. The number of benzene rings is 2. The predicted octanol–water partition coefficient (Wildman–Crippen LogP) is 3.63. The molecule has 5 nitrogen and oxygen atoms in total. The quantitative estimate of drug-likeness (QED) is 0.333. The molecule has 0 amide bonds. The van der Waals surface area contributed by atoms with Crippen molar-refractivity contribution in [2.45, 2.75) is 24.0 Å². The van der Waals surface area contributed by atoms with Crippen LogP contribution < -0.4 is 10.6 Å². The van der Waals surface area contributed by atoms with Crippen LogP contribution in [0.4, 0.5) is 13.2 Å². The molecule has 0 aliphatic heterocycles. The molecule has 29 heavy (non-hydrogen) atoms. The van der Waals surface area contributed by atoms with E-state index < -0.39 is 21.6 Å². The summed E-state index contributed by atoms with van der Waals surface area (Å²) in [6.45, 7) is 0.895. The van der Waals surface area contributed by atoms with E-state index in [-0.39, 0.29) is 28.9 Å². The van der Waals surface area contributed by atoms with Gasteiger partial charge < -0.3 is 10.6 Å². The van der Waals surface area contributed by atoms with Crippen molar-refractivity contribution in [3.8, 4) is 0 Å². The van der Waals surface area contributed by atoms with Crippen molar-refractivity contribution in [1.82, 2.24) is 10.6 Å². The summed E-state index contributed by atoms with van der Waals surface area (Å²) < 4.78 is 60.6. The van der Waals surface area contributed by atoms with Crippen LogP contribution in [0.15, 0.2) is 58.4 Å². The van der Waals surface area contributed by atoms with Crippen LogP contribution in [0.1, 0.15) is 16.7 Å². The number of rotatable bonds is 6. The Labute approximate surface area is 185 Å². The fraction of sp³-hybridized carbons (Fsp3) is 0.316. The van der Waals surface area contributed by atoms with Crippen molar-refractivity contribution < 1.29 is 21.6 Å². The topological polar surface area (TPSA) is 70.6 Å². The Kier molecular flexibility index (Phi) is 9.40. The summed E-state index contributed by atoms with van der Waals surface area (Å²) in [5.74, 6) is 0.521. The molecule has 2 aromatic carbocycles. The smallest absolute Gasteiger partial charge is 0.356 e. The molecule has 0 heterocycles. The van der Waals surface area contributed by atoms with E-state index in [4.69, 9.17) is 0 Å². The highest BCUT2D eigenvalue weighted by Gasteiger charge is 2.29. The Balaban J connectivity index is 0.00000420. The van der Waals surface area contributed by atoms with Crippen LogP contribution in [0.2, 0.25) is 0 Å². The van der Waals surface area contributed by atoms with Crippen molar-refractivity contribution >= 4 is 39.8 Å². The molecule has 0 aromatic heterocycles. The van der Waals surface area contributed by atoms with Crippen molar-refractivity contribution in [3.05, 3.63) is 65.2 Å².